The molecule has 0 amide bonds. The van der Waals surface area contributed by atoms with E-state index in [0.717, 1.165) is 0 Å². The largest absolute Gasteiger partial charge is 0.401 e. The molecule has 0 aliphatic rings. The zero-order chi connectivity index (χ0) is 5.86. The molecule has 0 saturated carbocycles. The molecule has 0 fully saturated rings. The number of allylic oxidation sites excluding steroid dienone is 2. The molecule has 0 aliphatic heterocycles. The summed E-state index contributed by atoms with van der Waals surface area (Å²) in [5.41, 5.74) is 5.66. The number of halogens is 1. The van der Waals surface area contributed by atoms with E-state index in [1.165, 1.54) is 0 Å². The van der Waals surface area contributed by atoms with Crippen molar-refractivity contribution in [2.45, 2.75) is 6.92 Å². The van der Waals surface area contributed by atoms with Gasteiger partial charge in [0.1, 0.15) is 0 Å². The number of nitrogens with two attached hydrogens (primary N) is 1. The summed E-state index contributed by atoms with van der Waals surface area (Å²) in [4.78, 5) is 9.76. The van der Waals surface area contributed by atoms with E-state index in [-0.39, 0.29) is 0 Å². The third-order valence-corrected chi connectivity index (χ3v) is 1.29. The van der Waals surface area contributed by atoms with Crippen LogP contribution in [0.2, 0.25) is 0 Å². The van der Waals surface area contributed by atoms with Crippen LogP contribution in [-0.4, -0.2) is 6.29 Å². The monoisotopic (exact) mass is 163 g/mol. The van der Waals surface area contributed by atoms with Gasteiger partial charge in [0.2, 0.25) is 0 Å². The van der Waals surface area contributed by atoms with Gasteiger partial charge in [-0.15, -0.1) is 0 Å². The zero-order valence-electron chi connectivity index (χ0n) is 3.94. The lowest BCUT2D eigenvalue weighted by Gasteiger charge is -1.85. The van der Waals surface area contributed by atoms with Crippen LogP contribution in [0.15, 0.2) is 10.2 Å². The van der Waals surface area contributed by atoms with Gasteiger partial charge in [-0.3, -0.25) is 4.79 Å². The molecule has 0 bridgehead atoms. The molecule has 0 heterocycles. The van der Waals surface area contributed by atoms with Gasteiger partial charge in [-0.25, -0.2) is 0 Å². The summed E-state index contributed by atoms with van der Waals surface area (Å²) in [6, 6.07) is 0. The lowest BCUT2D eigenvalue weighted by molar-refractivity contribution is -0.104. The van der Waals surface area contributed by atoms with Crippen molar-refractivity contribution in [3.63, 3.8) is 0 Å². The topological polar surface area (TPSA) is 43.1 Å². The molecule has 0 aromatic rings. The van der Waals surface area contributed by atoms with Crippen molar-refractivity contribution in [2.75, 3.05) is 0 Å². The number of carbonyl (C=O) groups is 1. The fourth-order valence-electron chi connectivity index (χ4n) is 0.0929. The first kappa shape index (κ1) is 6.69. The summed E-state index contributed by atoms with van der Waals surface area (Å²) in [5.74, 6) is 0. The van der Waals surface area contributed by atoms with E-state index in [1.807, 2.05) is 0 Å². The van der Waals surface area contributed by atoms with Crippen molar-refractivity contribution in [2.24, 2.45) is 5.73 Å². The van der Waals surface area contributed by atoms with E-state index in [9.17, 15) is 4.79 Å². The summed E-state index contributed by atoms with van der Waals surface area (Å²) in [6.07, 6.45) is 0.662. The Morgan fingerprint density at radius 2 is 2.29 bits per heavy atom. The van der Waals surface area contributed by atoms with Gasteiger partial charge in [-0.2, -0.15) is 0 Å². The smallest absolute Gasteiger partial charge is 0.158 e. The SMILES string of the molecule is C/C(N)=C(/Br)C=O. The predicted octanol–water partition coefficient (Wildman–Crippen LogP) is 0.770. The molecule has 0 aromatic heterocycles. The minimum atomic E-state index is 0.424. The minimum absolute atomic E-state index is 0.424. The number of aldehydes is 1. The Morgan fingerprint density at radius 3 is 2.29 bits per heavy atom. The van der Waals surface area contributed by atoms with Crippen molar-refractivity contribution < 1.29 is 4.79 Å². The van der Waals surface area contributed by atoms with Gasteiger partial charge >= 0.3 is 0 Å². The van der Waals surface area contributed by atoms with E-state index < -0.39 is 0 Å². The first-order valence-electron chi connectivity index (χ1n) is 1.75. The molecular formula is C4H6BrNO. The van der Waals surface area contributed by atoms with Crippen molar-refractivity contribution in [3.05, 3.63) is 10.2 Å². The lowest BCUT2D eigenvalue weighted by atomic mass is 10.5. The molecule has 0 saturated heterocycles. The average molecular weight is 164 g/mol. The second-order valence-electron chi connectivity index (χ2n) is 1.15. The van der Waals surface area contributed by atoms with E-state index in [0.29, 0.717) is 16.5 Å². The second-order valence-corrected chi connectivity index (χ2v) is 2.00. The Kier molecular flexibility index (Phi) is 2.67. The highest BCUT2D eigenvalue weighted by Crippen LogP contribution is 2.01. The third kappa shape index (κ3) is 2.39. The standard InChI is InChI=1S/C4H6BrNO/c1-3(6)4(5)2-7/h2H,6H2,1H3/b4-3-. The van der Waals surface area contributed by atoms with Crippen LogP contribution in [0.5, 0.6) is 0 Å². The molecule has 7 heavy (non-hydrogen) atoms. The first-order valence-corrected chi connectivity index (χ1v) is 2.55. The molecule has 2 nitrogen and oxygen atoms in total. The van der Waals surface area contributed by atoms with E-state index in [4.69, 9.17) is 5.73 Å². The molecule has 0 spiro atoms. The Balaban J connectivity index is 3.98. The quantitative estimate of drug-likeness (QED) is 0.459. The summed E-state index contributed by atoms with van der Waals surface area (Å²) in [6.45, 7) is 1.65. The molecule has 0 rings (SSSR count). The van der Waals surface area contributed by atoms with Crippen molar-refractivity contribution >= 4 is 22.2 Å². The van der Waals surface area contributed by atoms with Crippen LogP contribution in [0.3, 0.4) is 0 Å². The first-order chi connectivity index (χ1) is 3.18. The van der Waals surface area contributed by atoms with Crippen LogP contribution in [0.1, 0.15) is 6.92 Å². The number of carbonyl (C=O) groups excluding carboxylic acids is 1. The zero-order valence-corrected chi connectivity index (χ0v) is 5.53. The summed E-state index contributed by atoms with van der Waals surface area (Å²) in [5, 5.41) is 0. The molecule has 0 unspecified atom stereocenters. The van der Waals surface area contributed by atoms with Gasteiger partial charge in [0, 0.05) is 5.70 Å². The van der Waals surface area contributed by atoms with Crippen LogP contribution in [0.4, 0.5) is 0 Å². The Bertz CT molecular complexity index is 104. The van der Waals surface area contributed by atoms with Gasteiger partial charge in [0.15, 0.2) is 6.29 Å². The van der Waals surface area contributed by atoms with Gasteiger partial charge < -0.3 is 5.73 Å². The Morgan fingerprint density at radius 1 is 1.86 bits per heavy atom. The Hall–Kier alpha value is -0.310. The lowest BCUT2D eigenvalue weighted by Crippen LogP contribution is -1.93. The molecule has 0 radical (unpaired) electrons. The summed E-state index contributed by atoms with van der Waals surface area (Å²) < 4.78 is 0.424. The molecule has 3 heteroatoms. The molecule has 0 atom stereocenters. The second kappa shape index (κ2) is 2.80. The van der Waals surface area contributed by atoms with Gasteiger partial charge in [0.25, 0.3) is 0 Å². The summed E-state index contributed by atoms with van der Waals surface area (Å²) >= 11 is 2.93. The number of hydrogen-bond donors (Lipinski definition) is 1. The van der Waals surface area contributed by atoms with Crippen LogP contribution < -0.4 is 5.73 Å². The van der Waals surface area contributed by atoms with Crippen molar-refractivity contribution in [1.82, 2.24) is 0 Å². The van der Waals surface area contributed by atoms with Gasteiger partial charge in [-0.1, -0.05) is 0 Å². The van der Waals surface area contributed by atoms with Gasteiger partial charge in [-0.05, 0) is 22.9 Å². The maximum atomic E-state index is 9.76. The third-order valence-electron chi connectivity index (χ3n) is 0.480. The summed E-state index contributed by atoms with van der Waals surface area (Å²) in [7, 11) is 0. The van der Waals surface area contributed by atoms with Crippen LogP contribution in [0.25, 0.3) is 0 Å². The molecule has 2 N–H and O–H groups in total. The minimum Gasteiger partial charge on any atom is -0.401 e. The van der Waals surface area contributed by atoms with Crippen molar-refractivity contribution in [3.8, 4) is 0 Å². The highest BCUT2D eigenvalue weighted by molar-refractivity contribution is 9.12. The van der Waals surface area contributed by atoms with Crippen molar-refractivity contribution in [1.29, 1.82) is 0 Å². The maximum absolute atomic E-state index is 9.76. The van der Waals surface area contributed by atoms with Crippen LogP contribution in [-0.2, 0) is 4.79 Å². The van der Waals surface area contributed by atoms with Crippen LogP contribution >= 0.6 is 15.9 Å². The predicted molar refractivity (Wildman–Crippen MR) is 31.9 cm³/mol. The Labute approximate surface area is 50.5 Å². The number of rotatable bonds is 1. The highest BCUT2D eigenvalue weighted by Gasteiger charge is 1.86. The van der Waals surface area contributed by atoms with E-state index in [2.05, 4.69) is 15.9 Å². The van der Waals surface area contributed by atoms with Gasteiger partial charge in [0.05, 0.1) is 4.48 Å². The normalized spacial score (nSPS) is 12.9. The van der Waals surface area contributed by atoms with E-state index in [1.54, 1.807) is 6.92 Å². The molecule has 40 valence electrons. The highest BCUT2D eigenvalue weighted by atomic mass is 79.9. The number of hydrogen-bond acceptors (Lipinski definition) is 2. The fraction of sp³-hybridized carbons (Fsp3) is 0.250. The molecule has 0 aromatic carbocycles. The van der Waals surface area contributed by atoms with Crippen LogP contribution in [0, 0.1) is 0 Å². The average Bonchev–Trinajstić information content (AvgIpc) is 1.65. The maximum Gasteiger partial charge on any atom is 0.158 e. The molecule has 0 aliphatic carbocycles. The van der Waals surface area contributed by atoms with E-state index >= 15 is 0 Å². The molecular weight excluding hydrogens is 158 g/mol. The fourth-order valence-corrected chi connectivity index (χ4v) is 0.0929.